The van der Waals surface area contributed by atoms with Crippen LogP contribution in [0.15, 0.2) is 30.5 Å². The quantitative estimate of drug-likeness (QED) is 0.540. The summed E-state index contributed by atoms with van der Waals surface area (Å²) in [4.78, 5) is 9.51. The molecule has 0 bridgehead atoms. The molecule has 0 aliphatic heterocycles. The molecule has 25 heavy (non-hydrogen) atoms. The van der Waals surface area contributed by atoms with Crippen molar-refractivity contribution >= 4 is 28.3 Å². The van der Waals surface area contributed by atoms with Gasteiger partial charge in [0.2, 0.25) is 0 Å². The van der Waals surface area contributed by atoms with Gasteiger partial charge < -0.3 is 0 Å². The summed E-state index contributed by atoms with van der Waals surface area (Å²) in [5.41, 5.74) is 2.47. The van der Waals surface area contributed by atoms with Crippen molar-refractivity contribution in [3.63, 3.8) is 0 Å². The molecule has 0 amide bonds. The number of nitrogens with zero attached hydrogens (tertiary/aromatic N) is 6. The zero-order chi connectivity index (χ0) is 17.4. The Morgan fingerprint density at radius 1 is 1.04 bits per heavy atom. The predicted octanol–water partition coefficient (Wildman–Crippen LogP) is 4.16. The smallest absolute Gasteiger partial charge is 0.186 e. The molecule has 0 radical (unpaired) electrons. The van der Waals surface area contributed by atoms with Gasteiger partial charge in [0.15, 0.2) is 17.1 Å². The molecule has 4 aromatic rings. The summed E-state index contributed by atoms with van der Waals surface area (Å²) < 4.78 is 3.75. The van der Waals surface area contributed by atoms with Crippen LogP contribution >= 0.6 is 11.6 Å². The van der Waals surface area contributed by atoms with Crippen LogP contribution in [-0.4, -0.2) is 29.4 Å². The van der Waals surface area contributed by atoms with Crippen molar-refractivity contribution in [3.05, 3.63) is 41.3 Å². The van der Waals surface area contributed by atoms with Gasteiger partial charge in [0.1, 0.15) is 5.82 Å². The van der Waals surface area contributed by atoms with E-state index in [1.54, 1.807) is 0 Å². The Balaban J connectivity index is 1.94. The van der Waals surface area contributed by atoms with Crippen molar-refractivity contribution in [2.45, 2.75) is 39.7 Å². The van der Waals surface area contributed by atoms with E-state index in [0.717, 1.165) is 53.9 Å². The third-order valence-corrected chi connectivity index (χ3v) is 4.50. The molecule has 0 N–H and O–H groups in total. The summed E-state index contributed by atoms with van der Waals surface area (Å²) in [6.45, 7) is 5.02. The molecule has 0 unspecified atom stereocenters. The molecular formula is C18H19ClN6. The van der Waals surface area contributed by atoms with Crippen LogP contribution in [0.5, 0.6) is 0 Å². The molecule has 0 saturated heterocycles. The Morgan fingerprint density at radius 3 is 2.56 bits per heavy atom. The fourth-order valence-electron chi connectivity index (χ4n) is 2.87. The van der Waals surface area contributed by atoms with Gasteiger partial charge >= 0.3 is 0 Å². The maximum Gasteiger partial charge on any atom is 0.186 e. The maximum absolute atomic E-state index is 5.99. The topological polar surface area (TPSA) is 60.9 Å². The molecule has 6 nitrogen and oxygen atoms in total. The Morgan fingerprint density at radius 2 is 1.84 bits per heavy atom. The summed E-state index contributed by atoms with van der Waals surface area (Å²) in [6, 6.07) is 7.57. The number of halogens is 1. The molecule has 3 aromatic heterocycles. The number of benzene rings is 1. The molecule has 0 spiro atoms. The summed E-state index contributed by atoms with van der Waals surface area (Å²) in [5, 5.41) is 10.9. The van der Waals surface area contributed by atoms with Crippen LogP contribution in [0.2, 0.25) is 5.02 Å². The van der Waals surface area contributed by atoms with Crippen LogP contribution in [0.25, 0.3) is 28.1 Å². The standard InChI is InChI=1S/C18H19ClN6/c1-3-5-6-15-20-17-14(11-24(4-2)22-17)18-21-16(23-25(15)18)12-7-9-13(19)10-8-12/h7-11H,3-6H2,1-2H3. The zero-order valence-corrected chi connectivity index (χ0v) is 15.0. The number of hydrogen-bond donors (Lipinski definition) is 0. The van der Waals surface area contributed by atoms with Gasteiger partial charge in [-0.2, -0.15) is 9.61 Å². The van der Waals surface area contributed by atoms with Gasteiger partial charge in [-0.25, -0.2) is 9.97 Å². The molecule has 0 aliphatic carbocycles. The van der Waals surface area contributed by atoms with Gasteiger partial charge in [0, 0.05) is 29.7 Å². The summed E-state index contributed by atoms with van der Waals surface area (Å²) in [7, 11) is 0. The first kappa shape index (κ1) is 16.0. The lowest BCUT2D eigenvalue weighted by molar-refractivity contribution is 0.663. The number of aromatic nitrogens is 6. The van der Waals surface area contributed by atoms with E-state index in [1.807, 2.05) is 39.7 Å². The molecule has 7 heteroatoms. The second-order valence-electron chi connectivity index (χ2n) is 6.03. The molecule has 1 aromatic carbocycles. The van der Waals surface area contributed by atoms with Crippen LogP contribution in [-0.2, 0) is 13.0 Å². The lowest BCUT2D eigenvalue weighted by Gasteiger charge is -2.02. The minimum Gasteiger partial charge on any atom is -0.270 e. The van der Waals surface area contributed by atoms with E-state index in [-0.39, 0.29) is 0 Å². The van der Waals surface area contributed by atoms with Crippen molar-refractivity contribution in [2.24, 2.45) is 0 Å². The van der Waals surface area contributed by atoms with Crippen LogP contribution in [0.4, 0.5) is 0 Å². The molecular weight excluding hydrogens is 336 g/mol. The Bertz CT molecular complexity index is 1030. The van der Waals surface area contributed by atoms with E-state index in [0.29, 0.717) is 10.8 Å². The first-order valence-corrected chi connectivity index (χ1v) is 8.96. The molecule has 0 fully saturated rings. The molecule has 4 rings (SSSR count). The van der Waals surface area contributed by atoms with E-state index in [9.17, 15) is 0 Å². The third-order valence-electron chi connectivity index (χ3n) is 4.25. The van der Waals surface area contributed by atoms with E-state index >= 15 is 0 Å². The lowest BCUT2D eigenvalue weighted by Crippen LogP contribution is -2.03. The van der Waals surface area contributed by atoms with Crippen molar-refractivity contribution < 1.29 is 0 Å². The number of hydrogen-bond acceptors (Lipinski definition) is 4. The highest BCUT2D eigenvalue weighted by Gasteiger charge is 2.16. The fourth-order valence-corrected chi connectivity index (χ4v) is 2.99. The van der Waals surface area contributed by atoms with Crippen molar-refractivity contribution in [1.29, 1.82) is 0 Å². The van der Waals surface area contributed by atoms with Crippen LogP contribution in [0.1, 0.15) is 32.5 Å². The fraction of sp³-hybridized carbons (Fsp3) is 0.333. The minimum atomic E-state index is 0.674. The van der Waals surface area contributed by atoms with Gasteiger partial charge in [-0.05, 0) is 37.6 Å². The van der Waals surface area contributed by atoms with E-state index in [2.05, 4.69) is 18.9 Å². The van der Waals surface area contributed by atoms with Crippen LogP contribution in [0, 0.1) is 0 Å². The van der Waals surface area contributed by atoms with Crippen LogP contribution in [0.3, 0.4) is 0 Å². The largest absolute Gasteiger partial charge is 0.270 e. The maximum atomic E-state index is 5.99. The van der Waals surface area contributed by atoms with Gasteiger partial charge in [-0.1, -0.05) is 24.9 Å². The highest BCUT2D eigenvalue weighted by atomic mass is 35.5. The third kappa shape index (κ3) is 2.87. The molecule has 128 valence electrons. The van der Waals surface area contributed by atoms with E-state index in [1.165, 1.54) is 0 Å². The predicted molar refractivity (Wildman–Crippen MR) is 98.8 cm³/mol. The van der Waals surface area contributed by atoms with Gasteiger partial charge in [-0.3, -0.25) is 4.68 Å². The highest BCUT2D eigenvalue weighted by molar-refractivity contribution is 6.30. The van der Waals surface area contributed by atoms with Gasteiger partial charge in [-0.15, -0.1) is 5.10 Å². The minimum absolute atomic E-state index is 0.674. The average Bonchev–Trinajstić information content (AvgIpc) is 3.24. The SMILES string of the molecule is CCCCc1nc2nn(CC)cc2c2nc(-c3ccc(Cl)cc3)nn12. The lowest BCUT2D eigenvalue weighted by atomic mass is 10.2. The molecule has 0 aliphatic rings. The number of unbranched alkanes of at least 4 members (excludes halogenated alkanes) is 1. The number of rotatable bonds is 5. The summed E-state index contributed by atoms with van der Waals surface area (Å²) >= 11 is 5.99. The molecule has 0 atom stereocenters. The Kier molecular flexibility index (Phi) is 4.13. The Labute approximate surface area is 150 Å². The first-order valence-electron chi connectivity index (χ1n) is 8.58. The number of fused-ring (bicyclic) bond motifs is 3. The van der Waals surface area contributed by atoms with E-state index < -0.39 is 0 Å². The number of aryl methyl sites for hydroxylation is 2. The molecule has 0 saturated carbocycles. The normalized spacial score (nSPS) is 11.6. The second kappa shape index (κ2) is 6.44. The van der Waals surface area contributed by atoms with Gasteiger partial charge in [0.25, 0.3) is 0 Å². The second-order valence-corrected chi connectivity index (χ2v) is 6.47. The van der Waals surface area contributed by atoms with Crippen molar-refractivity contribution in [1.82, 2.24) is 29.4 Å². The van der Waals surface area contributed by atoms with Gasteiger partial charge in [0.05, 0.1) is 5.39 Å². The average molecular weight is 355 g/mol. The van der Waals surface area contributed by atoms with E-state index in [4.69, 9.17) is 26.7 Å². The summed E-state index contributed by atoms with van der Waals surface area (Å²) in [5.74, 6) is 1.58. The van der Waals surface area contributed by atoms with Crippen molar-refractivity contribution in [2.75, 3.05) is 0 Å². The van der Waals surface area contributed by atoms with Crippen LogP contribution < -0.4 is 0 Å². The highest BCUT2D eigenvalue weighted by Crippen LogP contribution is 2.23. The molecule has 3 heterocycles. The first-order chi connectivity index (χ1) is 12.2. The monoisotopic (exact) mass is 354 g/mol. The summed E-state index contributed by atoms with van der Waals surface area (Å²) in [6.07, 6.45) is 4.99. The van der Waals surface area contributed by atoms with Crippen molar-refractivity contribution in [3.8, 4) is 11.4 Å². The zero-order valence-electron chi connectivity index (χ0n) is 14.3. The Hall–Kier alpha value is -2.47.